The summed E-state index contributed by atoms with van der Waals surface area (Å²) in [5.74, 6) is 0.830. The topological polar surface area (TPSA) is 68.9 Å². The summed E-state index contributed by atoms with van der Waals surface area (Å²) in [5.41, 5.74) is 5.98. The second-order valence-electron chi connectivity index (χ2n) is 7.55. The monoisotopic (exact) mass is 446 g/mol. The average Bonchev–Trinajstić information content (AvgIpc) is 3.33. The Labute approximate surface area is 193 Å². The fourth-order valence-electron chi connectivity index (χ4n) is 3.54. The van der Waals surface area contributed by atoms with E-state index >= 15 is 0 Å². The van der Waals surface area contributed by atoms with Gasteiger partial charge in [-0.3, -0.25) is 9.36 Å². The Kier molecular flexibility index (Phi) is 6.51. The molecular weight excluding hydrogens is 420 g/mol. The van der Waals surface area contributed by atoms with Crippen molar-refractivity contribution < 1.29 is 4.74 Å². The number of benzene rings is 2. The van der Waals surface area contributed by atoms with Crippen LogP contribution in [-0.4, -0.2) is 31.8 Å². The van der Waals surface area contributed by atoms with Crippen LogP contribution in [0.4, 0.5) is 11.4 Å². The number of rotatable bonds is 7. The second kappa shape index (κ2) is 9.65. The number of nitrogens with one attached hydrogen (secondary N) is 2. The van der Waals surface area contributed by atoms with Gasteiger partial charge in [0.05, 0.1) is 49.2 Å². The van der Waals surface area contributed by atoms with E-state index < -0.39 is 0 Å². The zero-order valence-corrected chi connectivity index (χ0v) is 19.2. The van der Waals surface area contributed by atoms with Gasteiger partial charge in [0.1, 0.15) is 5.75 Å². The smallest absolute Gasteiger partial charge is 0.175 e. The minimum atomic E-state index is 0.497. The van der Waals surface area contributed by atoms with Crippen molar-refractivity contribution in [3.63, 3.8) is 0 Å². The molecule has 4 aromatic rings. The van der Waals surface area contributed by atoms with Gasteiger partial charge in [-0.25, -0.2) is 0 Å². The van der Waals surface area contributed by atoms with Gasteiger partial charge in [-0.1, -0.05) is 42.5 Å². The zero-order valence-electron chi connectivity index (χ0n) is 18.4. The molecule has 0 aliphatic rings. The fraction of sp³-hybridized carbons (Fsp3) is 0.208. The molecule has 0 bridgehead atoms. The van der Waals surface area contributed by atoms with E-state index in [9.17, 15) is 0 Å². The molecule has 7 nitrogen and oxygen atoms in total. The Morgan fingerprint density at radius 2 is 1.78 bits per heavy atom. The quantitative estimate of drug-likeness (QED) is 0.404. The number of hydrogen-bond donors (Lipinski definition) is 2. The van der Waals surface area contributed by atoms with E-state index in [4.69, 9.17) is 17.0 Å². The molecule has 0 aliphatic heterocycles. The van der Waals surface area contributed by atoms with Gasteiger partial charge in [-0.05, 0) is 49.3 Å². The Hall–Kier alpha value is -3.65. The number of hydrogen-bond acceptors (Lipinski definition) is 4. The first-order chi connectivity index (χ1) is 15.5. The Morgan fingerprint density at radius 1 is 1.00 bits per heavy atom. The third-order valence-corrected chi connectivity index (χ3v) is 5.37. The normalized spacial score (nSPS) is 10.7. The van der Waals surface area contributed by atoms with Crippen LogP contribution in [0.3, 0.4) is 0 Å². The molecule has 0 unspecified atom stereocenters. The molecule has 0 radical (unpaired) electrons. The molecule has 0 amide bonds. The minimum Gasteiger partial charge on any atom is -0.497 e. The lowest BCUT2D eigenvalue weighted by Crippen LogP contribution is -2.19. The summed E-state index contributed by atoms with van der Waals surface area (Å²) in [6.07, 6.45) is 3.68. The molecule has 2 aromatic carbocycles. The summed E-state index contributed by atoms with van der Waals surface area (Å²) in [4.78, 5) is 0. The van der Waals surface area contributed by atoms with Crippen molar-refractivity contribution >= 4 is 28.7 Å². The minimum absolute atomic E-state index is 0.497. The molecule has 164 valence electrons. The molecule has 0 aliphatic carbocycles. The Balaban J connectivity index is 1.39. The Morgan fingerprint density at radius 3 is 2.56 bits per heavy atom. The zero-order chi connectivity index (χ0) is 22.5. The van der Waals surface area contributed by atoms with Crippen LogP contribution in [0.1, 0.15) is 22.5 Å². The van der Waals surface area contributed by atoms with Crippen molar-refractivity contribution in [3.8, 4) is 5.75 Å². The van der Waals surface area contributed by atoms with E-state index in [2.05, 4.69) is 33.0 Å². The molecule has 2 N–H and O–H groups in total. The number of aromatic nitrogens is 4. The predicted molar refractivity (Wildman–Crippen MR) is 131 cm³/mol. The molecule has 4 rings (SSSR count). The third kappa shape index (κ3) is 5.15. The molecule has 0 spiro atoms. The van der Waals surface area contributed by atoms with Crippen molar-refractivity contribution in [2.24, 2.45) is 0 Å². The number of ether oxygens (including phenoxy) is 1. The van der Waals surface area contributed by atoms with Crippen LogP contribution in [-0.2, 0) is 13.1 Å². The largest absolute Gasteiger partial charge is 0.497 e. The number of anilines is 2. The first-order valence-electron chi connectivity index (χ1n) is 10.3. The highest BCUT2D eigenvalue weighted by atomic mass is 32.1. The second-order valence-corrected chi connectivity index (χ2v) is 7.95. The molecular formula is C24H26N6OS. The van der Waals surface area contributed by atoms with Gasteiger partial charge in [0.15, 0.2) is 5.11 Å². The molecule has 8 heteroatoms. The lowest BCUT2D eigenvalue weighted by atomic mass is 10.2. The highest BCUT2D eigenvalue weighted by Gasteiger charge is 2.13. The number of thiocarbonyl (C=S) groups is 1. The van der Waals surface area contributed by atoms with Crippen LogP contribution in [0.25, 0.3) is 0 Å². The lowest BCUT2D eigenvalue weighted by molar-refractivity contribution is 0.414. The van der Waals surface area contributed by atoms with Crippen LogP contribution in [0.15, 0.2) is 67.0 Å². The van der Waals surface area contributed by atoms with Gasteiger partial charge in [0.2, 0.25) is 0 Å². The highest BCUT2D eigenvalue weighted by molar-refractivity contribution is 7.80. The molecule has 2 heterocycles. The van der Waals surface area contributed by atoms with Crippen molar-refractivity contribution in [2.45, 2.75) is 26.9 Å². The molecule has 2 aromatic heterocycles. The van der Waals surface area contributed by atoms with E-state index in [-0.39, 0.29) is 0 Å². The molecule has 0 atom stereocenters. The van der Waals surface area contributed by atoms with Gasteiger partial charge < -0.3 is 15.4 Å². The summed E-state index contributed by atoms with van der Waals surface area (Å²) in [5, 5.41) is 16.1. The predicted octanol–water partition coefficient (Wildman–Crippen LogP) is 4.61. The maximum absolute atomic E-state index is 5.54. The van der Waals surface area contributed by atoms with Crippen molar-refractivity contribution in [1.82, 2.24) is 19.6 Å². The summed E-state index contributed by atoms with van der Waals surface area (Å²) >= 11 is 5.54. The summed E-state index contributed by atoms with van der Waals surface area (Å²) in [6, 6.07) is 18.2. The molecule has 0 fully saturated rings. The van der Waals surface area contributed by atoms with Gasteiger partial charge in [0, 0.05) is 6.20 Å². The maximum atomic E-state index is 5.54. The number of methoxy groups -OCH3 is 1. The Bertz CT molecular complexity index is 1210. The van der Waals surface area contributed by atoms with Crippen molar-refractivity contribution in [2.75, 3.05) is 17.7 Å². The van der Waals surface area contributed by atoms with E-state index in [1.165, 1.54) is 5.56 Å². The van der Waals surface area contributed by atoms with Crippen LogP contribution < -0.4 is 15.4 Å². The number of aryl methyl sites for hydroxylation is 1. The molecule has 0 saturated carbocycles. The van der Waals surface area contributed by atoms with Crippen LogP contribution in [0.2, 0.25) is 0 Å². The standard InChI is InChI=1S/C24H26N6OS/c1-17-23(18(2)30(28-17)15-19-8-5-4-6-9-19)27-24(32)26-21-13-25-29(16-21)14-20-10-7-11-22(12-20)31-3/h4-13,16H,14-15H2,1-3H3,(H2,26,27,32). The molecule has 32 heavy (non-hydrogen) atoms. The maximum Gasteiger partial charge on any atom is 0.175 e. The van der Waals surface area contributed by atoms with E-state index in [1.807, 2.05) is 71.9 Å². The summed E-state index contributed by atoms with van der Waals surface area (Å²) < 4.78 is 9.13. The SMILES string of the molecule is COc1cccc(Cn2cc(NC(=S)Nc3c(C)nn(Cc4ccccc4)c3C)cn2)c1. The lowest BCUT2D eigenvalue weighted by Gasteiger charge is -2.10. The average molecular weight is 447 g/mol. The van der Waals surface area contributed by atoms with Crippen molar-refractivity contribution in [1.29, 1.82) is 0 Å². The molecule has 0 saturated heterocycles. The van der Waals surface area contributed by atoms with Crippen LogP contribution in [0, 0.1) is 13.8 Å². The van der Waals surface area contributed by atoms with Crippen LogP contribution >= 0.6 is 12.2 Å². The summed E-state index contributed by atoms with van der Waals surface area (Å²) in [7, 11) is 1.66. The fourth-order valence-corrected chi connectivity index (χ4v) is 3.76. The first kappa shape index (κ1) is 21.6. The van der Waals surface area contributed by atoms with Crippen LogP contribution in [0.5, 0.6) is 5.75 Å². The first-order valence-corrected chi connectivity index (χ1v) is 10.7. The van der Waals surface area contributed by atoms with Crippen molar-refractivity contribution in [3.05, 3.63) is 89.5 Å². The van der Waals surface area contributed by atoms with E-state index in [0.29, 0.717) is 18.2 Å². The van der Waals surface area contributed by atoms with E-state index in [1.54, 1.807) is 13.3 Å². The highest BCUT2D eigenvalue weighted by Crippen LogP contribution is 2.21. The van der Waals surface area contributed by atoms with Gasteiger partial charge in [0.25, 0.3) is 0 Å². The van der Waals surface area contributed by atoms with E-state index in [0.717, 1.165) is 34.1 Å². The number of nitrogens with zero attached hydrogens (tertiary/aromatic N) is 4. The van der Waals surface area contributed by atoms with Gasteiger partial charge in [-0.15, -0.1) is 0 Å². The summed E-state index contributed by atoms with van der Waals surface area (Å²) in [6.45, 7) is 5.38. The van der Waals surface area contributed by atoms with Gasteiger partial charge >= 0.3 is 0 Å². The van der Waals surface area contributed by atoms with Gasteiger partial charge in [-0.2, -0.15) is 10.2 Å². The third-order valence-electron chi connectivity index (χ3n) is 5.17.